The van der Waals surface area contributed by atoms with Crippen molar-refractivity contribution in [1.82, 2.24) is 9.80 Å². The van der Waals surface area contributed by atoms with Gasteiger partial charge in [-0.3, -0.25) is 4.90 Å². The Kier molecular flexibility index (Phi) is 5.14. The summed E-state index contributed by atoms with van der Waals surface area (Å²) in [5, 5.41) is 11.5. The summed E-state index contributed by atoms with van der Waals surface area (Å²) in [6.45, 7) is 2.70. The second-order valence-corrected chi connectivity index (χ2v) is 5.76. The van der Waals surface area contributed by atoms with Crippen LogP contribution >= 0.6 is 0 Å². The Morgan fingerprint density at radius 3 is 2.95 bits per heavy atom. The maximum absolute atomic E-state index is 14.1. The van der Waals surface area contributed by atoms with Gasteiger partial charge in [-0.05, 0) is 39.5 Å². The number of hydrogen-bond donors (Lipinski definition) is 2. The van der Waals surface area contributed by atoms with Crippen LogP contribution in [0.25, 0.3) is 0 Å². The standard InChI is InChI=1S/C15H23FN4O/c1-19-7-3-4-13(10-19)20(2)9-12-6-5-11(8-14(12)16)15(17)18-21/h5-6,8,13,21H,3-4,7,9-10H2,1-2H3,(H2,17,18). The molecule has 1 aliphatic rings. The first-order valence-electron chi connectivity index (χ1n) is 7.16. The van der Waals surface area contributed by atoms with Crippen molar-refractivity contribution in [1.29, 1.82) is 0 Å². The molecule has 0 aliphatic carbocycles. The molecule has 6 heteroatoms. The number of nitrogens with two attached hydrogens (primary N) is 1. The molecule has 0 amide bonds. The van der Waals surface area contributed by atoms with E-state index in [2.05, 4.69) is 22.0 Å². The summed E-state index contributed by atoms with van der Waals surface area (Å²) in [4.78, 5) is 4.50. The fourth-order valence-corrected chi connectivity index (χ4v) is 2.79. The van der Waals surface area contributed by atoms with Gasteiger partial charge in [0.1, 0.15) is 5.82 Å². The number of benzene rings is 1. The number of likely N-dealkylation sites (tertiary alicyclic amines) is 1. The quantitative estimate of drug-likeness (QED) is 0.382. The lowest BCUT2D eigenvalue weighted by molar-refractivity contribution is 0.128. The van der Waals surface area contributed by atoms with Gasteiger partial charge in [0.25, 0.3) is 0 Å². The lowest BCUT2D eigenvalue weighted by atomic mass is 10.0. The molecule has 0 radical (unpaired) electrons. The molecule has 2 rings (SSSR count). The van der Waals surface area contributed by atoms with Gasteiger partial charge in [0.2, 0.25) is 0 Å². The minimum atomic E-state index is -0.324. The maximum Gasteiger partial charge on any atom is 0.170 e. The van der Waals surface area contributed by atoms with Gasteiger partial charge in [-0.1, -0.05) is 17.3 Å². The molecule has 116 valence electrons. The number of piperidine rings is 1. The zero-order valence-corrected chi connectivity index (χ0v) is 12.6. The van der Waals surface area contributed by atoms with Crippen LogP contribution in [-0.4, -0.2) is 54.1 Å². The van der Waals surface area contributed by atoms with Crippen molar-refractivity contribution in [3.63, 3.8) is 0 Å². The summed E-state index contributed by atoms with van der Waals surface area (Å²) < 4.78 is 14.1. The van der Waals surface area contributed by atoms with Crippen LogP contribution in [0, 0.1) is 5.82 Å². The van der Waals surface area contributed by atoms with Gasteiger partial charge in [0, 0.05) is 30.3 Å². The molecule has 21 heavy (non-hydrogen) atoms. The smallest absolute Gasteiger partial charge is 0.170 e. The number of nitrogens with zero attached hydrogens (tertiary/aromatic N) is 3. The highest BCUT2D eigenvalue weighted by molar-refractivity contribution is 5.97. The van der Waals surface area contributed by atoms with Crippen LogP contribution in [0.5, 0.6) is 0 Å². The molecular weight excluding hydrogens is 271 g/mol. The van der Waals surface area contributed by atoms with E-state index in [1.54, 1.807) is 12.1 Å². The predicted octanol–water partition coefficient (Wildman–Crippen LogP) is 1.45. The van der Waals surface area contributed by atoms with E-state index >= 15 is 0 Å². The molecule has 1 aromatic rings. The van der Waals surface area contributed by atoms with Gasteiger partial charge in [-0.15, -0.1) is 0 Å². The molecular formula is C15H23FN4O. The van der Waals surface area contributed by atoms with Crippen molar-refractivity contribution in [3.8, 4) is 0 Å². The highest BCUT2D eigenvalue weighted by Crippen LogP contribution is 2.18. The van der Waals surface area contributed by atoms with Crippen LogP contribution in [0.1, 0.15) is 24.0 Å². The van der Waals surface area contributed by atoms with Crippen molar-refractivity contribution in [2.75, 3.05) is 27.2 Å². The number of rotatable bonds is 4. The Hall–Kier alpha value is -1.66. The predicted molar refractivity (Wildman–Crippen MR) is 80.9 cm³/mol. The first-order chi connectivity index (χ1) is 10.0. The minimum absolute atomic E-state index is 0.0808. The van der Waals surface area contributed by atoms with Gasteiger partial charge in [-0.2, -0.15) is 0 Å². The zero-order chi connectivity index (χ0) is 15.4. The van der Waals surface area contributed by atoms with Crippen molar-refractivity contribution < 1.29 is 9.60 Å². The normalized spacial score (nSPS) is 21.0. The number of oxime groups is 1. The van der Waals surface area contributed by atoms with Crippen LogP contribution in [0.15, 0.2) is 23.4 Å². The van der Waals surface area contributed by atoms with Crippen LogP contribution < -0.4 is 5.73 Å². The van der Waals surface area contributed by atoms with Gasteiger partial charge in [0.05, 0.1) is 0 Å². The van der Waals surface area contributed by atoms with Crippen LogP contribution in [0.2, 0.25) is 0 Å². The molecule has 1 aliphatic heterocycles. The first kappa shape index (κ1) is 15.7. The average molecular weight is 294 g/mol. The van der Waals surface area contributed by atoms with E-state index in [0.29, 0.717) is 23.7 Å². The van der Waals surface area contributed by atoms with Crippen molar-refractivity contribution in [3.05, 3.63) is 35.1 Å². The topological polar surface area (TPSA) is 65.1 Å². The van der Waals surface area contributed by atoms with Gasteiger partial charge >= 0.3 is 0 Å². The summed E-state index contributed by atoms with van der Waals surface area (Å²) in [6.07, 6.45) is 2.32. The number of halogens is 1. The Bertz CT molecular complexity index is 520. The van der Waals surface area contributed by atoms with Gasteiger partial charge in [-0.25, -0.2) is 4.39 Å². The second kappa shape index (κ2) is 6.87. The van der Waals surface area contributed by atoms with E-state index in [4.69, 9.17) is 10.9 Å². The Labute approximate surface area is 124 Å². The minimum Gasteiger partial charge on any atom is -0.409 e. The van der Waals surface area contributed by atoms with E-state index in [9.17, 15) is 4.39 Å². The third-order valence-corrected chi connectivity index (χ3v) is 4.10. The molecule has 1 heterocycles. The molecule has 5 nitrogen and oxygen atoms in total. The molecule has 1 atom stereocenters. The first-order valence-corrected chi connectivity index (χ1v) is 7.16. The average Bonchev–Trinajstić information content (AvgIpc) is 2.48. The van der Waals surface area contributed by atoms with Crippen molar-refractivity contribution in [2.45, 2.75) is 25.4 Å². The third-order valence-electron chi connectivity index (χ3n) is 4.10. The van der Waals surface area contributed by atoms with Crippen LogP contribution in [0.3, 0.4) is 0 Å². The summed E-state index contributed by atoms with van der Waals surface area (Å²) in [7, 11) is 4.15. The highest BCUT2D eigenvalue weighted by atomic mass is 19.1. The van der Waals surface area contributed by atoms with Crippen LogP contribution in [-0.2, 0) is 6.54 Å². The monoisotopic (exact) mass is 294 g/mol. The Balaban J connectivity index is 2.05. The molecule has 0 bridgehead atoms. The van der Waals surface area contributed by atoms with Gasteiger partial charge in [0.15, 0.2) is 5.84 Å². The number of amidine groups is 1. The Morgan fingerprint density at radius 2 is 2.33 bits per heavy atom. The lowest BCUT2D eigenvalue weighted by Gasteiger charge is -2.36. The highest BCUT2D eigenvalue weighted by Gasteiger charge is 2.21. The summed E-state index contributed by atoms with van der Waals surface area (Å²) in [5.41, 5.74) is 6.48. The lowest BCUT2D eigenvalue weighted by Crippen LogP contribution is -2.44. The summed E-state index contributed by atoms with van der Waals surface area (Å²) in [6, 6.07) is 5.14. The van der Waals surface area contributed by atoms with Gasteiger partial charge < -0.3 is 15.8 Å². The van der Waals surface area contributed by atoms with E-state index < -0.39 is 0 Å². The van der Waals surface area contributed by atoms with E-state index in [1.165, 1.54) is 12.5 Å². The molecule has 0 aromatic heterocycles. The number of hydrogen-bond acceptors (Lipinski definition) is 4. The van der Waals surface area contributed by atoms with E-state index in [-0.39, 0.29) is 11.7 Å². The van der Waals surface area contributed by atoms with E-state index in [0.717, 1.165) is 19.5 Å². The third kappa shape index (κ3) is 3.92. The maximum atomic E-state index is 14.1. The fourth-order valence-electron chi connectivity index (χ4n) is 2.79. The summed E-state index contributed by atoms with van der Waals surface area (Å²) in [5.74, 6) is -0.405. The van der Waals surface area contributed by atoms with E-state index in [1.807, 2.05) is 7.05 Å². The summed E-state index contributed by atoms with van der Waals surface area (Å²) >= 11 is 0. The molecule has 1 unspecified atom stereocenters. The Morgan fingerprint density at radius 1 is 1.57 bits per heavy atom. The molecule has 0 spiro atoms. The van der Waals surface area contributed by atoms with Crippen molar-refractivity contribution in [2.24, 2.45) is 10.9 Å². The number of likely N-dealkylation sites (N-methyl/N-ethyl adjacent to an activating group) is 2. The molecule has 1 aromatic carbocycles. The molecule has 3 N–H and O–H groups in total. The molecule has 0 saturated carbocycles. The second-order valence-electron chi connectivity index (χ2n) is 5.76. The van der Waals surface area contributed by atoms with Crippen LogP contribution in [0.4, 0.5) is 4.39 Å². The fraction of sp³-hybridized carbons (Fsp3) is 0.533. The van der Waals surface area contributed by atoms with Crippen molar-refractivity contribution >= 4 is 5.84 Å². The SMILES string of the molecule is CN1CCCC(N(C)Cc2ccc(C(N)=NO)cc2F)C1. The molecule has 1 fully saturated rings. The zero-order valence-electron chi connectivity index (χ0n) is 12.6. The largest absolute Gasteiger partial charge is 0.409 e. The molecule has 1 saturated heterocycles.